The van der Waals surface area contributed by atoms with Crippen molar-refractivity contribution in [3.8, 4) is 11.5 Å². The van der Waals surface area contributed by atoms with Gasteiger partial charge in [-0.3, -0.25) is 4.90 Å². The molecule has 0 N–H and O–H groups in total. The molecule has 154 valence electrons. The number of likely N-dealkylation sites (tertiary alicyclic amines) is 1. The molecule has 1 fully saturated rings. The van der Waals surface area contributed by atoms with Gasteiger partial charge in [0.15, 0.2) is 0 Å². The first-order valence-electron chi connectivity index (χ1n) is 10.8. The van der Waals surface area contributed by atoms with E-state index in [4.69, 9.17) is 9.47 Å². The molecule has 0 radical (unpaired) electrons. The molecule has 0 saturated carbocycles. The van der Waals surface area contributed by atoms with Crippen LogP contribution in [0.1, 0.15) is 36.8 Å². The number of methoxy groups -OCH3 is 2. The van der Waals surface area contributed by atoms with Crippen LogP contribution in [0.3, 0.4) is 0 Å². The second-order valence-corrected chi connectivity index (χ2v) is 8.02. The van der Waals surface area contributed by atoms with Gasteiger partial charge in [0.2, 0.25) is 0 Å². The van der Waals surface area contributed by atoms with Gasteiger partial charge in [-0.1, -0.05) is 18.6 Å². The smallest absolute Gasteiger partial charge is 0.120 e. The maximum absolute atomic E-state index is 5.50. The Hall–Kier alpha value is -2.46. The van der Waals surface area contributed by atoms with Crippen molar-refractivity contribution in [2.24, 2.45) is 0 Å². The molecule has 0 aliphatic carbocycles. The van der Waals surface area contributed by atoms with Crippen LogP contribution in [0.15, 0.2) is 48.7 Å². The lowest BCUT2D eigenvalue weighted by atomic mass is 10.1. The van der Waals surface area contributed by atoms with Gasteiger partial charge in [-0.25, -0.2) is 0 Å². The van der Waals surface area contributed by atoms with Gasteiger partial charge in [0.1, 0.15) is 11.5 Å². The van der Waals surface area contributed by atoms with Gasteiger partial charge < -0.3 is 14.0 Å². The van der Waals surface area contributed by atoms with E-state index in [2.05, 4.69) is 46.0 Å². The summed E-state index contributed by atoms with van der Waals surface area (Å²) in [5.41, 5.74) is 4.08. The molecule has 1 saturated heterocycles. The number of aromatic nitrogens is 1. The molecule has 0 bridgehead atoms. The molecule has 4 nitrogen and oxygen atoms in total. The van der Waals surface area contributed by atoms with Crippen molar-refractivity contribution in [3.63, 3.8) is 0 Å². The van der Waals surface area contributed by atoms with E-state index < -0.39 is 0 Å². The highest BCUT2D eigenvalue weighted by atomic mass is 16.5. The maximum Gasteiger partial charge on any atom is 0.120 e. The molecule has 29 heavy (non-hydrogen) atoms. The van der Waals surface area contributed by atoms with Crippen LogP contribution in [-0.2, 0) is 19.5 Å². The molecule has 0 unspecified atom stereocenters. The molecule has 1 aromatic heterocycles. The van der Waals surface area contributed by atoms with Crippen molar-refractivity contribution < 1.29 is 9.47 Å². The molecule has 2 aromatic carbocycles. The third-order valence-corrected chi connectivity index (χ3v) is 6.04. The summed E-state index contributed by atoms with van der Waals surface area (Å²) in [5, 5.41) is 1.36. The van der Waals surface area contributed by atoms with Crippen molar-refractivity contribution in [1.82, 2.24) is 9.47 Å². The Morgan fingerprint density at radius 1 is 0.862 bits per heavy atom. The number of rotatable bonds is 8. The Morgan fingerprint density at radius 2 is 1.59 bits per heavy atom. The van der Waals surface area contributed by atoms with Gasteiger partial charge in [0, 0.05) is 30.7 Å². The van der Waals surface area contributed by atoms with Gasteiger partial charge in [-0.15, -0.1) is 0 Å². The molecular formula is C25H32N2O2. The standard InChI is InChI=1S/C25H32N2O2/c1-28-22-10-8-20(9-11-22)7-6-16-27-19-21(18-26-14-4-3-5-15-26)24-13-12-23(29-2)17-25(24)27/h8-13,17,19H,3-7,14-16,18H2,1-2H3. The average molecular weight is 393 g/mol. The highest BCUT2D eigenvalue weighted by Gasteiger charge is 2.15. The van der Waals surface area contributed by atoms with Crippen LogP contribution < -0.4 is 9.47 Å². The molecule has 2 heterocycles. The zero-order chi connectivity index (χ0) is 20.1. The van der Waals surface area contributed by atoms with E-state index in [-0.39, 0.29) is 0 Å². The van der Waals surface area contributed by atoms with E-state index in [9.17, 15) is 0 Å². The monoisotopic (exact) mass is 392 g/mol. The van der Waals surface area contributed by atoms with E-state index in [0.29, 0.717) is 0 Å². The van der Waals surface area contributed by atoms with E-state index in [1.165, 1.54) is 54.4 Å². The predicted octanol–water partition coefficient (Wildman–Crippen LogP) is 5.28. The fraction of sp³-hybridized carbons (Fsp3) is 0.440. The normalized spacial score (nSPS) is 15.0. The first kappa shape index (κ1) is 19.8. The van der Waals surface area contributed by atoms with Gasteiger partial charge >= 0.3 is 0 Å². The minimum Gasteiger partial charge on any atom is -0.497 e. The molecule has 1 aliphatic heterocycles. The molecule has 4 rings (SSSR count). The fourth-order valence-electron chi connectivity index (χ4n) is 4.39. The SMILES string of the molecule is COc1ccc(CCCn2cc(CN3CCCCC3)c3ccc(OC)cc32)cc1. The van der Waals surface area contributed by atoms with E-state index in [1.54, 1.807) is 14.2 Å². The van der Waals surface area contributed by atoms with Crippen LogP contribution in [0.25, 0.3) is 10.9 Å². The largest absolute Gasteiger partial charge is 0.497 e. The Labute approximate surface area is 174 Å². The van der Waals surface area contributed by atoms with Crippen molar-refractivity contribution in [3.05, 3.63) is 59.8 Å². The molecule has 0 atom stereocenters. The number of ether oxygens (including phenoxy) is 2. The zero-order valence-electron chi connectivity index (χ0n) is 17.7. The van der Waals surface area contributed by atoms with E-state index >= 15 is 0 Å². The minimum absolute atomic E-state index is 0.916. The predicted molar refractivity (Wildman–Crippen MR) is 119 cm³/mol. The Bertz CT molecular complexity index is 924. The van der Waals surface area contributed by atoms with Crippen molar-refractivity contribution in [1.29, 1.82) is 0 Å². The number of piperidine rings is 1. The third-order valence-electron chi connectivity index (χ3n) is 6.04. The van der Waals surface area contributed by atoms with E-state index in [0.717, 1.165) is 37.4 Å². The molecule has 0 amide bonds. The van der Waals surface area contributed by atoms with Crippen LogP contribution >= 0.6 is 0 Å². The van der Waals surface area contributed by atoms with Gasteiger partial charge in [-0.05, 0) is 74.2 Å². The van der Waals surface area contributed by atoms with Gasteiger partial charge in [0.05, 0.1) is 19.7 Å². The topological polar surface area (TPSA) is 26.6 Å². The maximum atomic E-state index is 5.50. The minimum atomic E-state index is 0.916. The summed E-state index contributed by atoms with van der Waals surface area (Å²) < 4.78 is 13.2. The molecule has 3 aromatic rings. The lowest BCUT2D eigenvalue weighted by molar-refractivity contribution is 0.221. The van der Waals surface area contributed by atoms with Crippen molar-refractivity contribution in [2.75, 3.05) is 27.3 Å². The van der Waals surface area contributed by atoms with E-state index in [1.807, 2.05) is 12.1 Å². The Morgan fingerprint density at radius 3 is 2.31 bits per heavy atom. The highest BCUT2D eigenvalue weighted by Crippen LogP contribution is 2.28. The van der Waals surface area contributed by atoms with Crippen LogP contribution in [0.4, 0.5) is 0 Å². The zero-order valence-corrected chi connectivity index (χ0v) is 17.7. The van der Waals surface area contributed by atoms with Crippen LogP contribution in [-0.4, -0.2) is 36.8 Å². The van der Waals surface area contributed by atoms with Crippen LogP contribution in [0.2, 0.25) is 0 Å². The summed E-state index contributed by atoms with van der Waals surface area (Å²) in [6.45, 7) is 4.50. The van der Waals surface area contributed by atoms with Gasteiger partial charge in [-0.2, -0.15) is 0 Å². The Balaban J connectivity index is 1.50. The molecule has 4 heteroatoms. The molecular weight excluding hydrogens is 360 g/mol. The highest BCUT2D eigenvalue weighted by molar-refractivity contribution is 5.85. The summed E-state index contributed by atoms with van der Waals surface area (Å²) in [7, 11) is 3.45. The number of benzene rings is 2. The lowest BCUT2D eigenvalue weighted by Gasteiger charge is -2.26. The van der Waals surface area contributed by atoms with Gasteiger partial charge in [0.25, 0.3) is 0 Å². The Kier molecular flexibility index (Phi) is 6.40. The number of fused-ring (bicyclic) bond motifs is 1. The number of hydrogen-bond acceptors (Lipinski definition) is 3. The molecule has 0 spiro atoms. The van der Waals surface area contributed by atoms with Crippen LogP contribution in [0.5, 0.6) is 11.5 Å². The first-order valence-corrected chi connectivity index (χ1v) is 10.8. The summed E-state index contributed by atoms with van der Waals surface area (Å²) in [6.07, 6.45) is 8.57. The molecule has 1 aliphatic rings. The summed E-state index contributed by atoms with van der Waals surface area (Å²) >= 11 is 0. The summed E-state index contributed by atoms with van der Waals surface area (Å²) in [4.78, 5) is 2.60. The first-order chi connectivity index (χ1) is 14.3. The fourth-order valence-corrected chi connectivity index (χ4v) is 4.39. The second-order valence-electron chi connectivity index (χ2n) is 8.02. The van der Waals surface area contributed by atoms with Crippen molar-refractivity contribution in [2.45, 2.75) is 45.2 Å². The van der Waals surface area contributed by atoms with Crippen molar-refractivity contribution >= 4 is 10.9 Å². The number of nitrogens with zero attached hydrogens (tertiary/aromatic N) is 2. The summed E-state index contributed by atoms with van der Waals surface area (Å²) in [5.74, 6) is 1.84. The number of hydrogen-bond donors (Lipinski definition) is 0. The lowest BCUT2D eigenvalue weighted by Crippen LogP contribution is -2.28. The summed E-state index contributed by atoms with van der Waals surface area (Å²) in [6, 6.07) is 14.9. The number of aryl methyl sites for hydroxylation is 2. The van der Waals surface area contributed by atoms with Crippen LogP contribution in [0, 0.1) is 0 Å². The third kappa shape index (κ3) is 4.76. The quantitative estimate of drug-likeness (QED) is 0.522. The second kappa shape index (κ2) is 9.36. The average Bonchev–Trinajstić information content (AvgIpc) is 3.11.